The number of hydrogen-bond donors (Lipinski definition) is 0. The predicted octanol–water partition coefficient (Wildman–Crippen LogP) is 4.58. The molecule has 1 saturated heterocycles. The number of ketones is 2. The van der Waals surface area contributed by atoms with E-state index in [0.29, 0.717) is 29.9 Å². The Morgan fingerprint density at radius 2 is 1.76 bits per heavy atom. The molecule has 0 amide bonds. The van der Waals surface area contributed by atoms with E-state index in [-0.39, 0.29) is 18.1 Å². The van der Waals surface area contributed by atoms with E-state index in [1.54, 1.807) is 44.6 Å². The lowest BCUT2D eigenvalue weighted by Crippen LogP contribution is -2.53. The number of aryl methyl sites for hydroxylation is 1. The van der Waals surface area contributed by atoms with Crippen LogP contribution in [0, 0.1) is 11.8 Å². The molecule has 1 heterocycles. The van der Waals surface area contributed by atoms with E-state index in [1.807, 2.05) is 18.2 Å². The van der Waals surface area contributed by atoms with Crippen LogP contribution in [0.5, 0.6) is 11.5 Å². The number of carbonyl (C=O) groups is 3. The molecule has 2 aromatic carbocycles. The van der Waals surface area contributed by atoms with E-state index in [2.05, 4.69) is 0 Å². The lowest BCUT2D eigenvalue weighted by Gasteiger charge is -2.42. The van der Waals surface area contributed by atoms with Crippen molar-refractivity contribution in [3.8, 4) is 11.5 Å². The van der Waals surface area contributed by atoms with Gasteiger partial charge >= 0.3 is 5.97 Å². The monoisotopic (exact) mass is 450 g/mol. The Morgan fingerprint density at radius 3 is 2.39 bits per heavy atom. The maximum atomic E-state index is 13.2. The zero-order valence-electron chi connectivity index (χ0n) is 19.2. The van der Waals surface area contributed by atoms with E-state index in [1.165, 1.54) is 0 Å². The first kappa shape index (κ1) is 23.0. The van der Waals surface area contributed by atoms with Crippen molar-refractivity contribution in [1.29, 1.82) is 0 Å². The first-order valence-corrected chi connectivity index (χ1v) is 11.5. The summed E-state index contributed by atoms with van der Waals surface area (Å²) in [5, 5.41) is 0. The first-order valence-electron chi connectivity index (χ1n) is 11.5. The lowest BCUT2D eigenvalue weighted by atomic mass is 9.73. The van der Waals surface area contributed by atoms with Crippen molar-refractivity contribution < 1.29 is 28.6 Å². The molecule has 2 atom stereocenters. The van der Waals surface area contributed by atoms with Crippen LogP contribution in [0.3, 0.4) is 0 Å². The second kappa shape index (κ2) is 9.77. The highest BCUT2D eigenvalue weighted by Crippen LogP contribution is 2.45. The van der Waals surface area contributed by atoms with Crippen LogP contribution in [0.15, 0.2) is 48.5 Å². The van der Waals surface area contributed by atoms with Gasteiger partial charge in [0.1, 0.15) is 17.1 Å². The van der Waals surface area contributed by atoms with Crippen LogP contribution >= 0.6 is 0 Å². The van der Waals surface area contributed by atoms with Crippen molar-refractivity contribution in [2.75, 3.05) is 14.2 Å². The average molecular weight is 451 g/mol. The van der Waals surface area contributed by atoms with Crippen LogP contribution in [0.2, 0.25) is 0 Å². The van der Waals surface area contributed by atoms with Crippen LogP contribution in [0.25, 0.3) is 0 Å². The summed E-state index contributed by atoms with van der Waals surface area (Å²) >= 11 is 0. The normalized spacial score (nSPS) is 23.3. The molecule has 2 unspecified atom stereocenters. The number of benzene rings is 2. The Labute approximate surface area is 194 Å². The molecular weight excluding hydrogens is 420 g/mol. The molecule has 6 nitrogen and oxygen atoms in total. The van der Waals surface area contributed by atoms with Crippen LogP contribution in [-0.2, 0) is 20.7 Å². The Balaban J connectivity index is 1.58. The molecule has 4 rings (SSSR count). The summed E-state index contributed by atoms with van der Waals surface area (Å²) in [6.45, 7) is 0. The number of rotatable bonds is 8. The third kappa shape index (κ3) is 4.65. The van der Waals surface area contributed by atoms with E-state index in [4.69, 9.17) is 14.2 Å². The number of carbonyl (C=O) groups excluding carboxylic acids is 3. The summed E-state index contributed by atoms with van der Waals surface area (Å²) in [5.74, 6) is -1.41. The van der Waals surface area contributed by atoms with Gasteiger partial charge in [-0.15, -0.1) is 0 Å². The summed E-state index contributed by atoms with van der Waals surface area (Å²) in [7, 11) is 3.21. The SMILES string of the molecule is COc1ccc(CCC2(C3CCCC3)CC(=O)C(C(=O)c3ccccc3)C(=O)O2)c(OC)c1. The first-order chi connectivity index (χ1) is 16.0. The van der Waals surface area contributed by atoms with Crippen molar-refractivity contribution in [2.45, 2.75) is 50.5 Å². The standard InChI is InChI=1S/C27H30O6/c1-31-21-13-12-18(23(16-21)32-2)14-15-27(20-10-6-7-11-20)17-22(28)24(26(30)33-27)25(29)19-8-4-3-5-9-19/h3-5,8-9,12-13,16,20,24H,6-7,10-11,14-15,17H2,1-2H3. The number of methoxy groups -OCH3 is 2. The van der Waals surface area contributed by atoms with Gasteiger partial charge in [0.2, 0.25) is 0 Å². The van der Waals surface area contributed by atoms with Gasteiger partial charge in [-0.05, 0) is 43.2 Å². The highest BCUT2D eigenvalue weighted by atomic mass is 16.6. The van der Waals surface area contributed by atoms with Gasteiger partial charge in [-0.1, -0.05) is 49.2 Å². The predicted molar refractivity (Wildman–Crippen MR) is 123 cm³/mol. The maximum absolute atomic E-state index is 13.2. The van der Waals surface area contributed by atoms with Gasteiger partial charge in [-0.25, -0.2) is 0 Å². The zero-order valence-corrected chi connectivity index (χ0v) is 19.2. The van der Waals surface area contributed by atoms with Crippen molar-refractivity contribution in [3.63, 3.8) is 0 Å². The van der Waals surface area contributed by atoms with Gasteiger partial charge in [0, 0.05) is 18.1 Å². The Morgan fingerprint density at radius 1 is 1.03 bits per heavy atom. The molecule has 1 saturated carbocycles. The number of Topliss-reactive ketones (excluding diaryl/α,β-unsaturated/α-hetero) is 2. The highest BCUT2D eigenvalue weighted by molar-refractivity contribution is 6.23. The molecule has 2 fully saturated rings. The van der Waals surface area contributed by atoms with Gasteiger partial charge in [-0.2, -0.15) is 0 Å². The fraction of sp³-hybridized carbons (Fsp3) is 0.444. The average Bonchev–Trinajstić information content (AvgIpc) is 3.38. The molecule has 2 aromatic rings. The quantitative estimate of drug-likeness (QED) is 0.333. The molecule has 174 valence electrons. The van der Waals surface area contributed by atoms with Gasteiger partial charge in [0.05, 0.1) is 14.2 Å². The number of hydrogen-bond acceptors (Lipinski definition) is 6. The number of cyclic esters (lactones) is 1. The maximum Gasteiger partial charge on any atom is 0.325 e. The lowest BCUT2D eigenvalue weighted by molar-refractivity contribution is -0.183. The van der Waals surface area contributed by atoms with E-state index < -0.39 is 23.3 Å². The molecule has 0 aromatic heterocycles. The van der Waals surface area contributed by atoms with E-state index in [0.717, 1.165) is 31.2 Å². The summed E-state index contributed by atoms with van der Waals surface area (Å²) in [6.07, 6.45) is 5.10. The molecule has 0 radical (unpaired) electrons. The minimum atomic E-state index is -1.38. The molecule has 33 heavy (non-hydrogen) atoms. The minimum Gasteiger partial charge on any atom is -0.497 e. The summed E-state index contributed by atoms with van der Waals surface area (Å²) in [4.78, 5) is 39.3. The number of ether oxygens (including phenoxy) is 3. The third-order valence-electron chi connectivity index (χ3n) is 7.07. The van der Waals surface area contributed by atoms with Crippen molar-refractivity contribution >= 4 is 17.5 Å². The second-order valence-electron chi connectivity index (χ2n) is 8.95. The van der Waals surface area contributed by atoms with Gasteiger partial charge < -0.3 is 14.2 Å². The van der Waals surface area contributed by atoms with Crippen molar-refractivity contribution in [2.24, 2.45) is 11.8 Å². The summed E-state index contributed by atoms with van der Waals surface area (Å²) in [6, 6.07) is 14.1. The van der Waals surface area contributed by atoms with Gasteiger partial charge in [0.25, 0.3) is 0 Å². The Kier molecular flexibility index (Phi) is 6.82. The molecule has 0 bridgehead atoms. The second-order valence-corrected chi connectivity index (χ2v) is 8.95. The van der Waals surface area contributed by atoms with Crippen LogP contribution < -0.4 is 9.47 Å². The summed E-state index contributed by atoms with van der Waals surface area (Å²) < 4.78 is 16.9. The molecule has 6 heteroatoms. The van der Waals surface area contributed by atoms with Crippen molar-refractivity contribution in [3.05, 3.63) is 59.7 Å². The Bertz CT molecular complexity index is 1000. The van der Waals surface area contributed by atoms with Crippen LogP contribution in [0.4, 0.5) is 0 Å². The molecule has 0 N–H and O–H groups in total. The van der Waals surface area contributed by atoms with Crippen LogP contribution in [-0.4, -0.2) is 37.4 Å². The molecule has 1 aliphatic heterocycles. The van der Waals surface area contributed by atoms with E-state index >= 15 is 0 Å². The largest absolute Gasteiger partial charge is 0.497 e. The smallest absolute Gasteiger partial charge is 0.325 e. The van der Waals surface area contributed by atoms with Gasteiger partial charge in [-0.3, -0.25) is 14.4 Å². The zero-order chi connectivity index (χ0) is 23.4. The van der Waals surface area contributed by atoms with Gasteiger partial charge in [0.15, 0.2) is 17.5 Å². The molecule has 2 aliphatic rings. The topological polar surface area (TPSA) is 78.9 Å². The molecular formula is C27H30O6. The highest BCUT2D eigenvalue weighted by Gasteiger charge is 2.53. The van der Waals surface area contributed by atoms with Crippen molar-refractivity contribution in [1.82, 2.24) is 0 Å². The van der Waals surface area contributed by atoms with Crippen LogP contribution in [0.1, 0.15) is 54.4 Å². The summed E-state index contributed by atoms with van der Waals surface area (Å²) in [5.41, 5.74) is 0.425. The molecule has 0 spiro atoms. The van der Waals surface area contributed by atoms with E-state index in [9.17, 15) is 14.4 Å². The minimum absolute atomic E-state index is 0.0745. The Hall–Kier alpha value is -3.15. The fourth-order valence-electron chi connectivity index (χ4n) is 5.27. The third-order valence-corrected chi connectivity index (χ3v) is 7.07. The molecule has 1 aliphatic carbocycles. The fourth-order valence-corrected chi connectivity index (χ4v) is 5.27. The number of esters is 1.